The molecule has 0 saturated heterocycles. The third-order valence-electron chi connectivity index (χ3n) is 3.86. The molecule has 1 amide bonds. The van der Waals surface area contributed by atoms with Gasteiger partial charge in [-0.25, -0.2) is 0 Å². The smallest absolute Gasteiger partial charge is 0.252 e. The number of carbonyl (C=O) groups excluding carboxylic acids is 1. The van der Waals surface area contributed by atoms with Crippen molar-refractivity contribution >= 4 is 50.4 Å². The summed E-state index contributed by atoms with van der Waals surface area (Å²) in [5.74, 6) is -0.0830. The molecule has 1 aliphatic rings. The molecule has 0 unspecified atom stereocenters. The van der Waals surface area contributed by atoms with Crippen LogP contribution in [-0.4, -0.2) is 16.4 Å². The largest absolute Gasteiger partial charge is 0.391 e. The van der Waals surface area contributed by atoms with Crippen LogP contribution >= 0.6 is 39.5 Å². The molecule has 1 aliphatic carbocycles. The molecular formula is C14H19BrN2OS2. The fourth-order valence-corrected chi connectivity index (χ4v) is 4.05. The Morgan fingerprint density at radius 1 is 1.30 bits per heavy atom. The summed E-state index contributed by atoms with van der Waals surface area (Å²) in [6.45, 7) is 0. The Hall–Kier alpha value is -0.460. The number of nitrogens with one attached hydrogen (secondary N) is 1. The maximum atomic E-state index is 12.4. The number of hydrogen-bond acceptors (Lipinski definition) is 3. The zero-order chi connectivity index (χ0) is 14.6. The molecule has 110 valence electrons. The van der Waals surface area contributed by atoms with Gasteiger partial charge in [-0.05, 0) is 34.8 Å². The van der Waals surface area contributed by atoms with Gasteiger partial charge in [-0.3, -0.25) is 4.79 Å². The summed E-state index contributed by atoms with van der Waals surface area (Å²) in [6.07, 6.45) is 7.45. The van der Waals surface area contributed by atoms with Gasteiger partial charge in [0.2, 0.25) is 0 Å². The summed E-state index contributed by atoms with van der Waals surface area (Å²) in [6, 6.07) is 1.83. The van der Waals surface area contributed by atoms with E-state index in [0.29, 0.717) is 10.6 Å². The SMILES string of the molecule is NC(=S)C1(NC(=O)c2csc(Br)c2)CCCCCCC1. The summed E-state index contributed by atoms with van der Waals surface area (Å²) in [4.78, 5) is 12.8. The fraction of sp³-hybridized carbons (Fsp3) is 0.571. The molecule has 20 heavy (non-hydrogen) atoms. The number of nitrogens with two attached hydrogens (primary N) is 1. The van der Waals surface area contributed by atoms with Gasteiger partial charge in [0.15, 0.2) is 0 Å². The van der Waals surface area contributed by atoms with Crippen LogP contribution in [0.2, 0.25) is 0 Å². The first-order valence-corrected chi connectivity index (χ1v) is 8.98. The van der Waals surface area contributed by atoms with Crippen LogP contribution in [0.15, 0.2) is 15.2 Å². The highest BCUT2D eigenvalue weighted by Gasteiger charge is 2.35. The minimum Gasteiger partial charge on any atom is -0.391 e. The monoisotopic (exact) mass is 374 g/mol. The van der Waals surface area contributed by atoms with Gasteiger partial charge in [0, 0.05) is 5.38 Å². The van der Waals surface area contributed by atoms with Gasteiger partial charge < -0.3 is 11.1 Å². The Bertz CT molecular complexity index is 493. The van der Waals surface area contributed by atoms with Crippen LogP contribution in [0.5, 0.6) is 0 Å². The molecule has 1 aromatic rings. The van der Waals surface area contributed by atoms with E-state index >= 15 is 0 Å². The number of halogens is 1. The van der Waals surface area contributed by atoms with Gasteiger partial charge in [-0.15, -0.1) is 11.3 Å². The van der Waals surface area contributed by atoms with Gasteiger partial charge >= 0.3 is 0 Å². The van der Waals surface area contributed by atoms with Gasteiger partial charge in [0.05, 0.1) is 19.9 Å². The van der Waals surface area contributed by atoms with Crippen LogP contribution < -0.4 is 11.1 Å². The highest BCUT2D eigenvalue weighted by Crippen LogP contribution is 2.28. The maximum Gasteiger partial charge on any atom is 0.252 e. The molecule has 2 rings (SSSR count). The predicted molar refractivity (Wildman–Crippen MR) is 91.3 cm³/mol. The molecular weight excluding hydrogens is 356 g/mol. The first kappa shape index (κ1) is 15.9. The van der Waals surface area contributed by atoms with Crippen molar-refractivity contribution in [3.8, 4) is 0 Å². The third-order valence-corrected chi connectivity index (χ3v) is 5.76. The molecule has 0 spiro atoms. The van der Waals surface area contributed by atoms with Gasteiger partial charge in [-0.2, -0.15) is 0 Å². The van der Waals surface area contributed by atoms with Crippen LogP contribution in [0.4, 0.5) is 0 Å². The number of rotatable bonds is 3. The summed E-state index contributed by atoms with van der Waals surface area (Å²) in [5.41, 5.74) is 6.12. The number of thiocarbonyl (C=S) groups is 1. The van der Waals surface area contributed by atoms with Crippen molar-refractivity contribution in [1.29, 1.82) is 0 Å². The topological polar surface area (TPSA) is 55.1 Å². The van der Waals surface area contributed by atoms with Gasteiger partial charge in [-0.1, -0.05) is 44.3 Å². The Labute approximate surface area is 137 Å². The van der Waals surface area contributed by atoms with Crippen molar-refractivity contribution in [1.82, 2.24) is 5.32 Å². The van der Waals surface area contributed by atoms with E-state index in [0.717, 1.165) is 29.5 Å². The van der Waals surface area contributed by atoms with Gasteiger partial charge in [0.25, 0.3) is 5.91 Å². The average molecular weight is 375 g/mol. The molecule has 0 bridgehead atoms. The number of hydrogen-bond donors (Lipinski definition) is 2. The zero-order valence-electron chi connectivity index (χ0n) is 11.3. The molecule has 1 fully saturated rings. The summed E-state index contributed by atoms with van der Waals surface area (Å²) < 4.78 is 0.949. The van der Waals surface area contributed by atoms with E-state index < -0.39 is 5.54 Å². The van der Waals surface area contributed by atoms with Crippen molar-refractivity contribution < 1.29 is 4.79 Å². The van der Waals surface area contributed by atoms with Gasteiger partial charge in [0.1, 0.15) is 0 Å². The predicted octanol–water partition coefficient (Wildman–Crippen LogP) is 4.01. The van der Waals surface area contributed by atoms with E-state index in [4.69, 9.17) is 18.0 Å². The summed E-state index contributed by atoms with van der Waals surface area (Å²) >= 11 is 10.1. The van der Waals surface area contributed by atoms with E-state index in [1.165, 1.54) is 30.6 Å². The lowest BCUT2D eigenvalue weighted by Gasteiger charge is -2.35. The lowest BCUT2D eigenvalue weighted by molar-refractivity contribution is 0.0913. The van der Waals surface area contributed by atoms with E-state index in [1.807, 2.05) is 11.4 Å². The summed E-state index contributed by atoms with van der Waals surface area (Å²) in [7, 11) is 0. The van der Waals surface area contributed by atoms with E-state index in [1.54, 1.807) is 0 Å². The molecule has 0 aromatic carbocycles. The Kier molecular flexibility index (Phi) is 5.57. The fourth-order valence-electron chi connectivity index (χ4n) is 2.66. The molecule has 1 aromatic heterocycles. The summed E-state index contributed by atoms with van der Waals surface area (Å²) in [5, 5.41) is 4.95. The van der Waals surface area contributed by atoms with Crippen molar-refractivity contribution in [2.75, 3.05) is 0 Å². The minimum atomic E-state index is -0.513. The average Bonchev–Trinajstić information content (AvgIpc) is 2.79. The van der Waals surface area contributed by atoms with Crippen LogP contribution in [0, 0.1) is 0 Å². The van der Waals surface area contributed by atoms with Crippen molar-refractivity contribution in [3.63, 3.8) is 0 Å². The molecule has 1 heterocycles. The van der Waals surface area contributed by atoms with Crippen LogP contribution in [0.3, 0.4) is 0 Å². The quantitative estimate of drug-likeness (QED) is 0.785. The Balaban J connectivity index is 2.15. The second kappa shape index (κ2) is 7.00. The van der Waals surface area contributed by atoms with E-state index in [2.05, 4.69) is 21.2 Å². The molecule has 0 atom stereocenters. The zero-order valence-corrected chi connectivity index (χ0v) is 14.5. The van der Waals surface area contributed by atoms with E-state index in [9.17, 15) is 4.79 Å². The first-order valence-electron chi connectivity index (χ1n) is 6.90. The molecule has 6 heteroatoms. The first-order chi connectivity index (χ1) is 9.53. The number of amides is 1. The highest BCUT2D eigenvalue weighted by atomic mass is 79.9. The van der Waals surface area contributed by atoms with Crippen molar-refractivity contribution in [2.45, 2.75) is 50.5 Å². The van der Waals surface area contributed by atoms with E-state index in [-0.39, 0.29) is 5.91 Å². The molecule has 3 N–H and O–H groups in total. The Morgan fingerprint density at radius 2 is 1.90 bits per heavy atom. The second-order valence-corrected chi connectivity index (χ2v) is 8.04. The third kappa shape index (κ3) is 3.80. The number of thiophene rings is 1. The van der Waals surface area contributed by atoms with Crippen LogP contribution in [-0.2, 0) is 0 Å². The van der Waals surface area contributed by atoms with Crippen molar-refractivity contribution in [2.24, 2.45) is 5.73 Å². The van der Waals surface area contributed by atoms with Crippen molar-refractivity contribution in [3.05, 3.63) is 20.8 Å². The molecule has 3 nitrogen and oxygen atoms in total. The maximum absolute atomic E-state index is 12.4. The second-order valence-electron chi connectivity index (χ2n) is 5.31. The molecule has 0 aliphatic heterocycles. The number of carbonyl (C=O) groups is 1. The lowest BCUT2D eigenvalue weighted by Crippen LogP contribution is -2.56. The molecule has 0 radical (unpaired) electrons. The normalized spacial score (nSPS) is 18.9. The lowest BCUT2D eigenvalue weighted by atomic mass is 9.83. The highest BCUT2D eigenvalue weighted by molar-refractivity contribution is 9.11. The Morgan fingerprint density at radius 3 is 2.40 bits per heavy atom. The van der Waals surface area contributed by atoms with Crippen LogP contribution in [0.1, 0.15) is 55.3 Å². The minimum absolute atomic E-state index is 0.0830. The van der Waals surface area contributed by atoms with Crippen LogP contribution in [0.25, 0.3) is 0 Å². The standard InChI is InChI=1S/C14H19BrN2OS2/c15-11-8-10(9-20-11)12(18)17-14(13(16)19)6-4-2-1-3-5-7-14/h8-9H,1-7H2,(H2,16,19)(H,17,18). The molecule has 1 saturated carbocycles.